The second kappa shape index (κ2) is 8.19. The van der Waals surface area contributed by atoms with Gasteiger partial charge in [-0.15, -0.1) is 11.6 Å². The molecule has 1 aromatic rings. The Morgan fingerprint density at radius 3 is 2.71 bits per heavy atom. The lowest BCUT2D eigenvalue weighted by molar-refractivity contribution is -0.142. The molecule has 0 bridgehead atoms. The Labute approximate surface area is 140 Å². The van der Waals surface area contributed by atoms with Crippen LogP contribution in [0.25, 0.3) is 0 Å². The fourth-order valence-corrected chi connectivity index (χ4v) is 3.96. The molecule has 0 amide bonds. The van der Waals surface area contributed by atoms with E-state index in [4.69, 9.17) is 16.3 Å². The number of rotatable bonds is 5. The summed E-state index contributed by atoms with van der Waals surface area (Å²) in [5, 5.41) is -0.614. The van der Waals surface area contributed by atoms with Crippen molar-refractivity contribution < 1.29 is 9.53 Å². The Bertz CT molecular complexity index is 484. The maximum atomic E-state index is 11.6. The third-order valence-electron chi connectivity index (χ3n) is 4.07. The van der Waals surface area contributed by atoms with E-state index >= 15 is 0 Å². The van der Waals surface area contributed by atoms with Crippen LogP contribution in [0.5, 0.6) is 0 Å². The molecule has 0 aliphatic heterocycles. The van der Waals surface area contributed by atoms with Crippen LogP contribution in [-0.2, 0) is 16.0 Å². The Balaban J connectivity index is 2.03. The van der Waals surface area contributed by atoms with Crippen molar-refractivity contribution in [3.8, 4) is 0 Å². The van der Waals surface area contributed by atoms with E-state index < -0.39 is 5.38 Å². The normalized spacial score (nSPS) is 17.5. The molecule has 1 atom stereocenters. The van der Waals surface area contributed by atoms with E-state index in [0.29, 0.717) is 18.9 Å². The maximum Gasteiger partial charge on any atom is 0.324 e. The van der Waals surface area contributed by atoms with Gasteiger partial charge in [0.2, 0.25) is 0 Å². The summed E-state index contributed by atoms with van der Waals surface area (Å²) in [6, 6.07) is 6.37. The zero-order valence-electron chi connectivity index (χ0n) is 12.4. The first-order valence-corrected chi connectivity index (χ1v) is 8.93. The van der Waals surface area contributed by atoms with Gasteiger partial charge in [-0.25, -0.2) is 0 Å². The van der Waals surface area contributed by atoms with Gasteiger partial charge in [0, 0.05) is 4.47 Å². The van der Waals surface area contributed by atoms with Crippen LogP contribution in [0.4, 0.5) is 0 Å². The van der Waals surface area contributed by atoms with Crippen LogP contribution in [0.1, 0.15) is 56.1 Å². The van der Waals surface area contributed by atoms with Crippen molar-refractivity contribution in [2.75, 3.05) is 6.61 Å². The number of ether oxygens (including phenoxy) is 1. The minimum atomic E-state index is -0.614. The van der Waals surface area contributed by atoms with E-state index in [2.05, 4.69) is 34.1 Å². The van der Waals surface area contributed by atoms with Gasteiger partial charge >= 0.3 is 5.97 Å². The average molecular weight is 374 g/mol. The molecule has 2 rings (SSSR count). The van der Waals surface area contributed by atoms with Crippen LogP contribution >= 0.6 is 27.5 Å². The molecule has 0 saturated heterocycles. The summed E-state index contributed by atoms with van der Waals surface area (Å²) in [4.78, 5) is 11.6. The summed E-state index contributed by atoms with van der Waals surface area (Å²) in [6.07, 6.45) is 7.07. The van der Waals surface area contributed by atoms with Crippen LogP contribution < -0.4 is 0 Å². The van der Waals surface area contributed by atoms with Gasteiger partial charge in [0.05, 0.1) is 6.61 Å². The minimum Gasteiger partial charge on any atom is -0.465 e. The highest BCUT2D eigenvalue weighted by Gasteiger charge is 2.20. The van der Waals surface area contributed by atoms with Gasteiger partial charge in [0.1, 0.15) is 5.38 Å². The maximum absolute atomic E-state index is 11.6. The van der Waals surface area contributed by atoms with Crippen LogP contribution in [0.3, 0.4) is 0 Å². The summed E-state index contributed by atoms with van der Waals surface area (Å²) in [6.45, 7) is 2.16. The zero-order valence-corrected chi connectivity index (χ0v) is 14.8. The number of carbonyl (C=O) groups excluding carboxylic acids is 1. The SMILES string of the molecule is CCOC(=O)C(Cl)Cc1ccc(C2CCCCC2)c(Br)c1. The first kappa shape index (κ1) is 16.8. The number of benzene rings is 1. The van der Waals surface area contributed by atoms with Crippen molar-refractivity contribution in [1.29, 1.82) is 0 Å². The largest absolute Gasteiger partial charge is 0.465 e. The third kappa shape index (κ3) is 4.72. The second-order valence-electron chi connectivity index (χ2n) is 5.61. The highest BCUT2D eigenvalue weighted by molar-refractivity contribution is 9.10. The molecular weight excluding hydrogens is 352 g/mol. The molecule has 4 heteroatoms. The highest BCUT2D eigenvalue weighted by Crippen LogP contribution is 2.36. The van der Waals surface area contributed by atoms with Crippen molar-refractivity contribution in [1.82, 2.24) is 0 Å². The van der Waals surface area contributed by atoms with Crippen molar-refractivity contribution in [2.45, 2.75) is 56.7 Å². The summed E-state index contributed by atoms with van der Waals surface area (Å²) < 4.78 is 6.08. The number of hydrogen-bond acceptors (Lipinski definition) is 2. The number of hydrogen-bond donors (Lipinski definition) is 0. The van der Waals surface area contributed by atoms with E-state index in [1.165, 1.54) is 37.7 Å². The van der Waals surface area contributed by atoms with Crippen molar-refractivity contribution in [3.05, 3.63) is 33.8 Å². The smallest absolute Gasteiger partial charge is 0.324 e. The van der Waals surface area contributed by atoms with E-state index in [9.17, 15) is 4.79 Å². The topological polar surface area (TPSA) is 26.3 Å². The first-order chi connectivity index (χ1) is 10.1. The number of alkyl halides is 1. The Morgan fingerprint density at radius 1 is 1.38 bits per heavy atom. The van der Waals surface area contributed by atoms with Crippen molar-refractivity contribution in [2.24, 2.45) is 0 Å². The fourth-order valence-electron chi connectivity index (χ4n) is 2.97. The van der Waals surface area contributed by atoms with E-state index in [0.717, 1.165) is 10.0 Å². The fraction of sp³-hybridized carbons (Fsp3) is 0.588. The van der Waals surface area contributed by atoms with Crippen LogP contribution in [0.2, 0.25) is 0 Å². The lowest BCUT2D eigenvalue weighted by atomic mass is 9.84. The molecule has 21 heavy (non-hydrogen) atoms. The quantitative estimate of drug-likeness (QED) is 0.523. The highest BCUT2D eigenvalue weighted by atomic mass is 79.9. The summed E-state index contributed by atoms with van der Waals surface area (Å²) in [5.41, 5.74) is 2.45. The van der Waals surface area contributed by atoms with Gasteiger partial charge < -0.3 is 4.74 Å². The molecule has 0 heterocycles. The van der Waals surface area contributed by atoms with Crippen molar-refractivity contribution in [3.63, 3.8) is 0 Å². The molecule has 0 aromatic heterocycles. The molecule has 1 aromatic carbocycles. The van der Waals surface area contributed by atoms with Crippen LogP contribution in [-0.4, -0.2) is 18.0 Å². The molecule has 1 unspecified atom stereocenters. The Kier molecular flexibility index (Phi) is 6.56. The van der Waals surface area contributed by atoms with Gasteiger partial charge in [-0.2, -0.15) is 0 Å². The molecular formula is C17H22BrClO2. The molecule has 1 aliphatic carbocycles. The van der Waals surface area contributed by atoms with Gasteiger partial charge in [-0.3, -0.25) is 4.79 Å². The summed E-state index contributed by atoms with van der Waals surface area (Å²) in [7, 11) is 0. The van der Waals surface area contributed by atoms with Gasteiger partial charge in [0.25, 0.3) is 0 Å². The van der Waals surface area contributed by atoms with E-state index in [1.807, 2.05) is 0 Å². The van der Waals surface area contributed by atoms with E-state index in [-0.39, 0.29) is 5.97 Å². The monoisotopic (exact) mass is 372 g/mol. The average Bonchev–Trinajstić information content (AvgIpc) is 2.48. The van der Waals surface area contributed by atoms with Gasteiger partial charge in [0.15, 0.2) is 0 Å². The number of esters is 1. The summed E-state index contributed by atoms with van der Waals surface area (Å²) in [5.74, 6) is 0.325. The first-order valence-electron chi connectivity index (χ1n) is 7.70. The standard InChI is InChI=1S/C17H22BrClO2/c1-2-21-17(20)16(19)11-12-8-9-14(15(18)10-12)13-6-4-3-5-7-13/h8-10,13,16H,2-7,11H2,1H3. The number of halogens is 2. The van der Waals surface area contributed by atoms with Crippen molar-refractivity contribution >= 4 is 33.5 Å². The summed E-state index contributed by atoms with van der Waals surface area (Å²) >= 11 is 9.78. The molecule has 1 fully saturated rings. The molecule has 1 saturated carbocycles. The minimum absolute atomic E-state index is 0.341. The lowest BCUT2D eigenvalue weighted by Gasteiger charge is -2.23. The molecule has 0 spiro atoms. The number of carbonyl (C=O) groups is 1. The molecule has 0 radical (unpaired) electrons. The van der Waals surface area contributed by atoms with E-state index in [1.54, 1.807) is 6.92 Å². The predicted molar refractivity (Wildman–Crippen MR) is 89.9 cm³/mol. The zero-order chi connectivity index (χ0) is 15.2. The van der Waals surface area contributed by atoms with Gasteiger partial charge in [-0.1, -0.05) is 47.3 Å². The second-order valence-corrected chi connectivity index (χ2v) is 7.00. The van der Waals surface area contributed by atoms with Crippen LogP contribution in [0, 0.1) is 0 Å². The molecule has 0 N–H and O–H groups in total. The molecule has 1 aliphatic rings. The Morgan fingerprint density at radius 2 is 2.10 bits per heavy atom. The predicted octanol–water partition coefficient (Wildman–Crippen LogP) is 5.21. The molecule has 116 valence electrons. The molecule has 2 nitrogen and oxygen atoms in total. The third-order valence-corrected chi connectivity index (χ3v) is 5.09. The lowest BCUT2D eigenvalue weighted by Crippen LogP contribution is -2.20. The van der Waals surface area contributed by atoms with Gasteiger partial charge in [-0.05, 0) is 49.3 Å². The Hall–Kier alpha value is -0.540. The van der Waals surface area contributed by atoms with Crippen LogP contribution in [0.15, 0.2) is 22.7 Å².